The molecule has 2 heterocycles. The first-order valence-electron chi connectivity index (χ1n) is 7.56. The summed E-state index contributed by atoms with van der Waals surface area (Å²) in [5.41, 5.74) is 2.63. The van der Waals surface area contributed by atoms with Crippen molar-refractivity contribution in [2.45, 2.75) is 25.7 Å². The first-order valence-corrected chi connectivity index (χ1v) is 7.56. The van der Waals surface area contributed by atoms with Crippen molar-refractivity contribution in [3.63, 3.8) is 0 Å². The van der Waals surface area contributed by atoms with Crippen molar-refractivity contribution in [2.24, 2.45) is 0 Å². The monoisotopic (exact) mass is 274 g/mol. The Morgan fingerprint density at radius 2 is 2.15 bits per heavy atom. The molecule has 0 atom stereocenters. The molecular weight excluding hydrogens is 252 g/mol. The quantitative estimate of drug-likeness (QED) is 0.825. The number of nitrogens with zero attached hydrogens (tertiary/aromatic N) is 1. The number of benzene rings is 1. The second-order valence-corrected chi connectivity index (χ2v) is 5.56. The van der Waals surface area contributed by atoms with Gasteiger partial charge in [0.05, 0.1) is 13.2 Å². The summed E-state index contributed by atoms with van der Waals surface area (Å²) in [6.07, 6.45) is 4.29. The minimum absolute atomic E-state index is 0.241. The predicted molar refractivity (Wildman–Crippen MR) is 78.0 cm³/mol. The number of likely N-dealkylation sites (tertiary alicyclic amines) is 1. The van der Waals surface area contributed by atoms with Gasteiger partial charge in [-0.1, -0.05) is 12.1 Å². The number of hydrogen-bond donors (Lipinski definition) is 1. The van der Waals surface area contributed by atoms with Crippen LogP contribution in [0.15, 0.2) is 18.2 Å². The predicted octanol–water partition coefficient (Wildman–Crippen LogP) is 1.38. The van der Waals surface area contributed by atoms with Crippen LogP contribution in [0, 0.1) is 0 Å². The van der Waals surface area contributed by atoms with Crippen LogP contribution in [0.25, 0.3) is 0 Å². The fraction of sp³-hybridized carbons (Fsp3) is 0.562. The third-order valence-electron chi connectivity index (χ3n) is 4.08. The molecule has 1 aromatic carbocycles. The Labute approximate surface area is 120 Å². The lowest BCUT2D eigenvalue weighted by Gasteiger charge is -2.15. The standard InChI is InChI=1S/C16H22N2O2/c19-16(18-8-1-2-9-18)12-17-7-5-13-3-4-15-14(11-13)6-10-20-15/h3-4,11,17H,1-2,5-10,12H2. The van der Waals surface area contributed by atoms with Gasteiger partial charge in [-0.3, -0.25) is 4.79 Å². The van der Waals surface area contributed by atoms with Crippen molar-refractivity contribution in [3.8, 4) is 5.75 Å². The highest BCUT2D eigenvalue weighted by Gasteiger charge is 2.17. The van der Waals surface area contributed by atoms with Gasteiger partial charge in [0.25, 0.3) is 0 Å². The number of nitrogens with one attached hydrogen (secondary N) is 1. The lowest BCUT2D eigenvalue weighted by atomic mass is 10.1. The van der Waals surface area contributed by atoms with E-state index in [1.165, 1.54) is 11.1 Å². The maximum Gasteiger partial charge on any atom is 0.236 e. The van der Waals surface area contributed by atoms with Crippen LogP contribution < -0.4 is 10.1 Å². The fourth-order valence-electron chi connectivity index (χ4n) is 2.90. The molecule has 0 radical (unpaired) electrons. The van der Waals surface area contributed by atoms with Crippen molar-refractivity contribution in [1.82, 2.24) is 10.2 Å². The summed E-state index contributed by atoms with van der Waals surface area (Å²) in [5.74, 6) is 1.27. The second kappa shape index (κ2) is 6.27. The van der Waals surface area contributed by atoms with Crippen LogP contribution >= 0.6 is 0 Å². The van der Waals surface area contributed by atoms with Crippen molar-refractivity contribution >= 4 is 5.91 Å². The first kappa shape index (κ1) is 13.4. The van der Waals surface area contributed by atoms with E-state index < -0.39 is 0 Å². The highest BCUT2D eigenvalue weighted by molar-refractivity contribution is 5.78. The Hall–Kier alpha value is -1.55. The molecule has 108 valence electrons. The fourth-order valence-corrected chi connectivity index (χ4v) is 2.90. The molecule has 1 aromatic rings. The molecule has 0 bridgehead atoms. The normalized spacial score (nSPS) is 17.1. The Kier molecular flexibility index (Phi) is 4.21. The van der Waals surface area contributed by atoms with Gasteiger partial charge in [0.15, 0.2) is 0 Å². The van der Waals surface area contributed by atoms with Crippen LogP contribution in [0.5, 0.6) is 5.75 Å². The van der Waals surface area contributed by atoms with Crippen LogP contribution in [-0.2, 0) is 17.6 Å². The summed E-state index contributed by atoms with van der Waals surface area (Å²) in [6.45, 7) is 3.99. The largest absolute Gasteiger partial charge is 0.493 e. The summed E-state index contributed by atoms with van der Waals surface area (Å²) >= 11 is 0. The zero-order valence-electron chi connectivity index (χ0n) is 11.9. The van der Waals surface area contributed by atoms with Crippen molar-refractivity contribution in [3.05, 3.63) is 29.3 Å². The number of carbonyl (C=O) groups is 1. The molecule has 1 saturated heterocycles. The van der Waals surface area contributed by atoms with E-state index in [9.17, 15) is 4.79 Å². The average molecular weight is 274 g/mol. The topological polar surface area (TPSA) is 41.6 Å². The van der Waals surface area contributed by atoms with Crippen molar-refractivity contribution in [1.29, 1.82) is 0 Å². The smallest absolute Gasteiger partial charge is 0.236 e. The summed E-state index contributed by atoms with van der Waals surface area (Å²) in [6, 6.07) is 6.41. The number of hydrogen-bond acceptors (Lipinski definition) is 3. The number of ether oxygens (including phenoxy) is 1. The first-order chi connectivity index (χ1) is 9.83. The van der Waals surface area contributed by atoms with E-state index in [0.29, 0.717) is 6.54 Å². The van der Waals surface area contributed by atoms with E-state index in [1.54, 1.807) is 0 Å². The molecule has 0 aromatic heterocycles. The zero-order chi connectivity index (χ0) is 13.8. The van der Waals surface area contributed by atoms with E-state index in [4.69, 9.17) is 4.74 Å². The van der Waals surface area contributed by atoms with E-state index in [2.05, 4.69) is 23.5 Å². The molecule has 20 heavy (non-hydrogen) atoms. The molecule has 3 rings (SSSR count). The van der Waals surface area contributed by atoms with Gasteiger partial charge < -0.3 is 15.0 Å². The molecular formula is C16H22N2O2. The van der Waals surface area contributed by atoms with Gasteiger partial charge in [0.1, 0.15) is 5.75 Å². The van der Waals surface area contributed by atoms with E-state index in [-0.39, 0.29) is 5.91 Å². The zero-order valence-corrected chi connectivity index (χ0v) is 11.9. The van der Waals surface area contributed by atoms with Crippen LogP contribution in [-0.4, -0.2) is 43.6 Å². The highest BCUT2D eigenvalue weighted by atomic mass is 16.5. The third-order valence-corrected chi connectivity index (χ3v) is 4.08. The molecule has 4 heteroatoms. The van der Waals surface area contributed by atoms with Crippen LogP contribution in [0.2, 0.25) is 0 Å². The molecule has 1 amide bonds. The maximum atomic E-state index is 11.9. The van der Waals surface area contributed by atoms with E-state index in [0.717, 1.165) is 57.7 Å². The van der Waals surface area contributed by atoms with Crippen LogP contribution in [0.3, 0.4) is 0 Å². The van der Waals surface area contributed by atoms with Gasteiger partial charge >= 0.3 is 0 Å². The molecule has 0 aliphatic carbocycles. The van der Waals surface area contributed by atoms with Crippen LogP contribution in [0.4, 0.5) is 0 Å². The minimum Gasteiger partial charge on any atom is -0.493 e. The summed E-state index contributed by atoms with van der Waals surface area (Å²) < 4.78 is 5.50. The molecule has 0 spiro atoms. The molecule has 0 saturated carbocycles. The van der Waals surface area contributed by atoms with Gasteiger partial charge in [0, 0.05) is 19.5 Å². The molecule has 2 aliphatic rings. The van der Waals surface area contributed by atoms with Crippen LogP contribution in [0.1, 0.15) is 24.0 Å². The summed E-state index contributed by atoms with van der Waals surface area (Å²) in [7, 11) is 0. The highest BCUT2D eigenvalue weighted by Crippen LogP contribution is 2.25. The molecule has 0 unspecified atom stereocenters. The molecule has 1 N–H and O–H groups in total. The Bertz CT molecular complexity index is 481. The van der Waals surface area contributed by atoms with Gasteiger partial charge in [-0.05, 0) is 43.0 Å². The lowest BCUT2D eigenvalue weighted by molar-refractivity contribution is -0.129. The minimum atomic E-state index is 0.241. The van der Waals surface area contributed by atoms with Crippen molar-refractivity contribution in [2.75, 3.05) is 32.8 Å². The summed E-state index contributed by atoms with van der Waals surface area (Å²) in [5, 5.41) is 3.26. The maximum absolute atomic E-state index is 11.9. The van der Waals surface area contributed by atoms with Crippen molar-refractivity contribution < 1.29 is 9.53 Å². The van der Waals surface area contributed by atoms with Gasteiger partial charge in [-0.2, -0.15) is 0 Å². The Morgan fingerprint density at radius 3 is 3.00 bits per heavy atom. The Morgan fingerprint density at radius 1 is 1.30 bits per heavy atom. The number of rotatable bonds is 5. The molecule has 2 aliphatic heterocycles. The number of fused-ring (bicyclic) bond motifs is 1. The van der Waals surface area contributed by atoms with Gasteiger partial charge in [-0.25, -0.2) is 0 Å². The second-order valence-electron chi connectivity index (χ2n) is 5.56. The molecule has 1 fully saturated rings. The number of carbonyl (C=O) groups excluding carboxylic acids is 1. The van der Waals surface area contributed by atoms with Gasteiger partial charge in [0.2, 0.25) is 5.91 Å². The molecule has 4 nitrogen and oxygen atoms in total. The average Bonchev–Trinajstić information content (AvgIpc) is 3.13. The lowest BCUT2D eigenvalue weighted by Crippen LogP contribution is -2.36. The van der Waals surface area contributed by atoms with E-state index >= 15 is 0 Å². The number of amides is 1. The van der Waals surface area contributed by atoms with Gasteiger partial charge in [-0.15, -0.1) is 0 Å². The SMILES string of the molecule is O=C(CNCCc1ccc2c(c1)CCO2)N1CCCC1. The summed E-state index contributed by atoms with van der Waals surface area (Å²) in [4.78, 5) is 13.8. The Balaban J connectivity index is 1.40. The third kappa shape index (κ3) is 3.12. The van der Waals surface area contributed by atoms with E-state index in [1.807, 2.05) is 4.90 Å².